The van der Waals surface area contributed by atoms with Crippen molar-refractivity contribution in [1.29, 1.82) is 0 Å². The summed E-state index contributed by atoms with van der Waals surface area (Å²) in [6, 6.07) is 12.7. The first-order valence-corrected chi connectivity index (χ1v) is 6.70. The van der Waals surface area contributed by atoms with E-state index in [0.29, 0.717) is 11.4 Å². The van der Waals surface area contributed by atoms with Gasteiger partial charge in [-0.1, -0.05) is 18.2 Å². The molecule has 2 N–H and O–H groups in total. The van der Waals surface area contributed by atoms with Crippen LogP contribution in [0, 0.1) is 0 Å². The smallest absolute Gasteiger partial charge is 0.265 e. The Morgan fingerprint density at radius 3 is 2.65 bits per heavy atom. The van der Waals surface area contributed by atoms with Gasteiger partial charge in [-0.2, -0.15) is 0 Å². The molecule has 4 heteroatoms. The largest absolute Gasteiger partial charge is 0.399 e. The highest BCUT2D eigenvalue weighted by Crippen LogP contribution is 2.39. The van der Waals surface area contributed by atoms with Crippen LogP contribution in [0.3, 0.4) is 0 Å². The lowest BCUT2D eigenvalue weighted by atomic mass is 10.00. The molecule has 2 aromatic carbocycles. The van der Waals surface area contributed by atoms with Gasteiger partial charge in [0.15, 0.2) is 0 Å². The third-order valence-electron chi connectivity index (χ3n) is 3.69. The van der Waals surface area contributed by atoms with Crippen molar-refractivity contribution in [3.8, 4) is 0 Å². The van der Waals surface area contributed by atoms with Crippen LogP contribution in [0.25, 0.3) is 0 Å². The minimum Gasteiger partial charge on any atom is -0.399 e. The van der Waals surface area contributed by atoms with Crippen LogP contribution in [0.15, 0.2) is 42.5 Å². The summed E-state index contributed by atoms with van der Waals surface area (Å²) in [6.07, 6.45) is -0.571. The minimum absolute atomic E-state index is 0.00158. The molecule has 104 valence electrons. The predicted octanol–water partition coefficient (Wildman–Crippen LogP) is 4.29. The van der Waals surface area contributed by atoms with Gasteiger partial charge in [0.05, 0.1) is 5.69 Å². The van der Waals surface area contributed by atoms with Gasteiger partial charge in [-0.15, -0.1) is 0 Å². The fourth-order valence-corrected chi connectivity index (χ4v) is 2.78. The zero-order valence-corrected chi connectivity index (χ0v) is 11.0. The molecule has 0 aromatic heterocycles. The fraction of sp³-hybridized carbons (Fsp3) is 0.250. The van der Waals surface area contributed by atoms with Gasteiger partial charge in [-0.05, 0) is 42.7 Å². The van der Waals surface area contributed by atoms with E-state index in [1.807, 2.05) is 23.1 Å². The molecule has 0 unspecified atom stereocenters. The van der Waals surface area contributed by atoms with Gasteiger partial charge in [-0.25, -0.2) is 8.78 Å². The molecule has 0 aliphatic carbocycles. The number of anilines is 3. The minimum atomic E-state index is -2.53. The number of nitrogens with zero attached hydrogens (tertiary/aromatic N) is 1. The number of rotatable bonds is 2. The van der Waals surface area contributed by atoms with Crippen LogP contribution >= 0.6 is 0 Å². The van der Waals surface area contributed by atoms with E-state index in [4.69, 9.17) is 5.73 Å². The first-order chi connectivity index (χ1) is 9.66. The topological polar surface area (TPSA) is 29.3 Å². The second kappa shape index (κ2) is 5.12. The first-order valence-electron chi connectivity index (χ1n) is 6.70. The summed E-state index contributed by atoms with van der Waals surface area (Å²) in [5, 5.41) is 0. The maximum absolute atomic E-state index is 13.3. The number of alkyl halides is 2. The molecule has 3 rings (SSSR count). The molecule has 0 saturated carbocycles. The van der Waals surface area contributed by atoms with Crippen molar-refractivity contribution in [2.75, 3.05) is 17.2 Å². The molecule has 20 heavy (non-hydrogen) atoms. The molecule has 0 spiro atoms. The number of fused-ring (bicyclic) bond motifs is 1. The summed E-state index contributed by atoms with van der Waals surface area (Å²) in [7, 11) is 0. The highest BCUT2D eigenvalue weighted by atomic mass is 19.3. The molecule has 0 atom stereocenters. The Balaban J connectivity index is 2.11. The van der Waals surface area contributed by atoms with Gasteiger partial charge in [0, 0.05) is 23.5 Å². The van der Waals surface area contributed by atoms with Gasteiger partial charge < -0.3 is 10.6 Å². The van der Waals surface area contributed by atoms with Crippen molar-refractivity contribution in [2.45, 2.75) is 19.3 Å². The summed E-state index contributed by atoms with van der Waals surface area (Å²) in [4.78, 5) is 1.97. The van der Waals surface area contributed by atoms with Gasteiger partial charge in [-0.3, -0.25) is 0 Å². The predicted molar refractivity (Wildman–Crippen MR) is 77.6 cm³/mol. The third kappa shape index (κ3) is 2.22. The van der Waals surface area contributed by atoms with Crippen LogP contribution < -0.4 is 10.6 Å². The monoisotopic (exact) mass is 274 g/mol. The van der Waals surface area contributed by atoms with Gasteiger partial charge in [0.2, 0.25) is 0 Å². The second-order valence-electron chi connectivity index (χ2n) is 5.00. The van der Waals surface area contributed by atoms with E-state index >= 15 is 0 Å². The number of hydrogen-bond donors (Lipinski definition) is 1. The Morgan fingerprint density at radius 2 is 1.85 bits per heavy atom. The van der Waals surface area contributed by atoms with Crippen LogP contribution in [0.4, 0.5) is 25.8 Å². The van der Waals surface area contributed by atoms with Crippen LogP contribution in [0.5, 0.6) is 0 Å². The van der Waals surface area contributed by atoms with E-state index < -0.39 is 6.43 Å². The standard InChI is InChI=1S/C16H16F2N2/c17-16(18)13-10-12(19)7-8-15(13)20-9-3-5-11-4-1-2-6-14(11)20/h1-2,4,6-8,10,16H,3,5,9,19H2. The van der Waals surface area contributed by atoms with Crippen molar-refractivity contribution in [3.63, 3.8) is 0 Å². The molecule has 1 aliphatic heterocycles. The van der Waals surface area contributed by atoms with E-state index in [-0.39, 0.29) is 5.56 Å². The van der Waals surface area contributed by atoms with Crippen molar-refractivity contribution in [3.05, 3.63) is 53.6 Å². The molecule has 1 heterocycles. The van der Waals surface area contributed by atoms with Crippen molar-refractivity contribution in [2.24, 2.45) is 0 Å². The molecular formula is C16H16F2N2. The normalized spacial score (nSPS) is 14.4. The van der Waals surface area contributed by atoms with E-state index in [1.165, 1.54) is 11.6 Å². The first kappa shape index (κ1) is 12.9. The SMILES string of the molecule is Nc1ccc(N2CCCc3ccccc32)c(C(F)F)c1. The van der Waals surface area contributed by atoms with Crippen molar-refractivity contribution < 1.29 is 8.78 Å². The molecule has 0 fully saturated rings. The van der Waals surface area contributed by atoms with Crippen LogP contribution in [0.1, 0.15) is 24.0 Å². The molecule has 0 radical (unpaired) electrons. The van der Waals surface area contributed by atoms with Crippen molar-refractivity contribution >= 4 is 17.1 Å². The van der Waals surface area contributed by atoms with Gasteiger partial charge >= 0.3 is 0 Å². The van der Waals surface area contributed by atoms with E-state index in [0.717, 1.165) is 25.1 Å². The highest BCUT2D eigenvalue weighted by Gasteiger charge is 2.23. The number of hydrogen-bond acceptors (Lipinski definition) is 2. The molecule has 1 aliphatic rings. The Labute approximate surface area is 116 Å². The average molecular weight is 274 g/mol. The van der Waals surface area contributed by atoms with Gasteiger partial charge in [0.1, 0.15) is 0 Å². The Morgan fingerprint density at radius 1 is 1.05 bits per heavy atom. The summed E-state index contributed by atoms with van der Waals surface area (Å²) in [5.74, 6) is 0. The molecule has 0 saturated heterocycles. The fourth-order valence-electron chi connectivity index (χ4n) is 2.78. The molecule has 2 nitrogen and oxygen atoms in total. The molecule has 0 bridgehead atoms. The second-order valence-corrected chi connectivity index (χ2v) is 5.00. The summed E-state index contributed by atoms with van der Waals surface area (Å²) < 4.78 is 26.5. The summed E-state index contributed by atoms with van der Waals surface area (Å²) in [6.45, 7) is 0.751. The number of nitrogen functional groups attached to an aromatic ring is 1. The van der Waals surface area contributed by atoms with E-state index in [1.54, 1.807) is 12.1 Å². The molecular weight excluding hydrogens is 258 g/mol. The van der Waals surface area contributed by atoms with Crippen LogP contribution in [0.2, 0.25) is 0 Å². The maximum Gasteiger partial charge on any atom is 0.265 e. The quantitative estimate of drug-likeness (QED) is 0.828. The Bertz CT molecular complexity index is 626. The highest BCUT2D eigenvalue weighted by molar-refractivity contribution is 5.72. The molecule has 0 amide bonds. The zero-order valence-electron chi connectivity index (χ0n) is 11.0. The number of nitrogens with two attached hydrogens (primary N) is 1. The number of benzene rings is 2. The van der Waals surface area contributed by atoms with Crippen molar-refractivity contribution in [1.82, 2.24) is 0 Å². The maximum atomic E-state index is 13.3. The summed E-state index contributed by atoms with van der Waals surface area (Å²) >= 11 is 0. The lowest BCUT2D eigenvalue weighted by Gasteiger charge is -2.32. The summed E-state index contributed by atoms with van der Waals surface area (Å²) in [5.41, 5.74) is 8.79. The lowest BCUT2D eigenvalue weighted by molar-refractivity contribution is 0.152. The Kier molecular flexibility index (Phi) is 3.30. The number of para-hydroxylation sites is 1. The number of aryl methyl sites for hydroxylation is 1. The van der Waals surface area contributed by atoms with Gasteiger partial charge in [0.25, 0.3) is 6.43 Å². The number of halogens is 2. The van der Waals surface area contributed by atoms with E-state index in [2.05, 4.69) is 6.07 Å². The lowest BCUT2D eigenvalue weighted by Crippen LogP contribution is -2.25. The van der Waals surface area contributed by atoms with E-state index in [9.17, 15) is 8.78 Å². The third-order valence-corrected chi connectivity index (χ3v) is 3.69. The van der Waals surface area contributed by atoms with Crippen LogP contribution in [-0.2, 0) is 6.42 Å². The van der Waals surface area contributed by atoms with Crippen LogP contribution in [-0.4, -0.2) is 6.54 Å². The zero-order chi connectivity index (χ0) is 14.1. The molecule has 2 aromatic rings. The Hall–Kier alpha value is -2.10. The average Bonchev–Trinajstić information content (AvgIpc) is 2.46.